The zero-order chi connectivity index (χ0) is 16.1. The van der Waals surface area contributed by atoms with Crippen LogP contribution in [0.15, 0.2) is 0 Å². The van der Waals surface area contributed by atoms with E-state index >= 15 is 0 Å². The van der Waals surface area contributed by atoms with Crippen molar-refractivity contribution in [1.29, 1.82) is 0 Å². The van der Waals surface area contributed by atoms with Gasteiger partial charge in [-0.05, 0) is 34.7 Å². The average molecular weight is 302 g/mol. The summed E-state index contributed by atoms with van der Waals surface area (Å²) < 4.78 is 16.8. The molecule has 1 saturated heterocycles. The highest BCUT2D eigenvalue weighted by Crippen LogP contribution is 2.42. The smallest absolute Gasteiger partial charge is 0.0790 e. The number of hydrogen-bond acceptors (Lipinski definition) is 5. The Hall–Kier alpha value is -0.200. The average Bonchev–Trinajstić information content (AvgIpc) is 2.56. The normalized spacial score (nSPS) is 27.4. The molecule has 1 N–H and O–H groups in total. The van der Waals surface area contributed by atoms with Crippen molar-refractivity contribution in [3.63, 3.8) is 0 Å². The monoisotopic (exact) mass is 302 g/mol. The highest BCUT2D eigenvalue weighted by Gasteiger charge is 2.53. The Morgan fingerprint density at radius 1 is 1.00 bits per heavy atom. The molecule has 0 radical (unpaired) electrons. The number of ether oxygens (including phenoxy) is 3. The first-order chi connectivity index (χ1) is 9.78. The topological polar surface area (TPSA) is 43.0 Å². The Kier molecular flexibility index (Phi) is 7.07. The minimum atomic E-state index is -0.156. The van der Waals surface area contributed by atoms with Crippen molar-refractivity contribution in [3.05, 3.63) is 0 Å². The maximum absolute atomic E-state index is 6.31. The maximum atomic E-state index is 6.31. The van der Waals surface area contributed by atoms with Crippen LogP contribution in [0, 0.1) is 5.92 Å². The third kappa shape index (κ3) is 4.89. The molecule has 0 amide bonds. The van der Waals surface area contributed by atoms with Gasteiger partial charge in [0.15, 0.2) is 0 Å². The summed E-state index contributed by atoms with van der Waals surface area (Å²) in [5.41, 5.74) is -0.299. The first-order valence-corrected chi connectivity index (χ1v) is 7.86. The molecular weight excluding hydrogens is 268 g/mol. The fraction of sp³-hybridized carbons (Fsp3) is 1.00. The predicted octanol–water partition coefficient (Wildman–Crippen LogP) is 1.37. The molecule has 2 atom stereocenters. The lowest BCUT2D eigenvalue weighted by Gasteiger charge is -2.34. The predicted molar refractivity (Wildman–Crippen MR) is 85.8 cm³/mol. The Labute approximate surface area is 130 Å². The summed E-state index contributed by atoms with van der Waals surface area (Å²) >= 11 is 0. The van der Waals surface area contributed by atoms with Gasteiger partial charge in [-0.3, -0.25) is 4.90 Å². The number of hydrogen-bond donors (Lipinski definition) is 1. The van der Waals surface area contributed by atoms with Gasteiger partial charge in [0.1, 0.15) is 0 Å². The molecule has 1 aliphatic heterocycles. The fourth-order valence-corrected chi connectivity index (χ4v) is 3.59. The molecule has 0 aromatic heterocycles. The van der Waals surface area contributed by atoms with Crippen molar-refractivity contribution < 1.29 is 14.2 Å². The molecule has 0 bridgehead atoms. The van der Waals surface area contributed by atoms with Crippen LogP contribution in [0.2, 0.25) is 0 Å². The first kappa shape index (κ1) is 18.8. The van der Waals surface area contributed by atoms with Gasteiger partial charge in [0.05, 0.1) is 24.4 Å². The van der Waals surface area contributed by atoms with E-state index in [0.717, 1.165) is 32.8 Å². The van der Waals surface area contributed by atoms with Gasteiger partial charge in [-0.25, -0.2) is 0 Å². The van der Waals surface area contributed by atoms with Gasteiger partial charge in [-0.1, -0.05) is 0 Å². The van der Waals surface area contributed by atoms with Gasteiger partial charge in [0.25, 0.3) is 0 Å². The standard InChI is InChI=1S/C16H34N2O3/c1-15(2)13(14(17-5)16(3,4)21-15)12-18(8-10-19-6)9-11-20-7/h13-14,17H,8-12H2,1-7H3. The summed E-state index contributed by atoms with van der Waals surface area (Å²) in [6.07, 6.45) is 0. The van der Waals surface area contributed by atoms with Gasteiger partial charge in [-0.15, -0.1) is 0 Å². The van der Waals surface area contributed by atoms with Crippen LogP contribution in [0.3, 0.4) is 0 Å². The zero-order valence-corrected chi connectivity index (χ0v) is 14.9. The molecule has 126 valence electrons. The lowest BCUT2D eigenvalue weighted by Crippen LogP contribution is -2.50. The summed E-state index contributed by atoms with van der Waals surface area (Å²) in [5.74, 6) is 0.422. The molecule has 21 heavy (non-hydrogen) atoms. The number of methoxy groups -OCH3 is 2. The largest absolute Gasteiger partial charge is 0.383 e. The van der Waals surface area contributed by atoms with Crippen LogP contribution >= 0.6 is 0 Å². The van der Waals surface area contributed by atoms with E-state index in [1.54, 1.807) is 14.2 Å². The van der Waals surface area contributed by atoms with Crippen LogP contribution < -0.4 is 5.32 Å². The number of nitrogens with one attached hydrogen (secondary N) is 1. The van der Waals surface area contributed by atoms with Gasteiger partial charge < -0.3 is 19.5 Å². The minimum absolute atomic E-state index is 0.143. The van der Waals surface area contributed by atoms with Crippen molar-refractivity contribution in [1.82, 2.24) is 10.2 Å². The van der Waals surface area contributed by atoms with E-state index < -0.39 is 0 Å². The second kappa shape index (κ2) is 7.88. The van der Waals surface area contributed by atoms with E-state index in [0.29, 0.717) is 12.0 Å². The van der Waals surface area contributed by atoms with Crippen LogP contribution in [0.5, 0.6) is 0 Å². The molecule has 1 heterocycles. The fourth-order valence-electron chi connectivity index (χ4n) is 3.59. The minimum Gasteiger partial charge on any atom is -0.383 e. The molecule has 5 heteroatoms. The molecular formula is C16H34N2O3. The Balaban J connectivity index is 2.78. The summed E-state index contributed by atoms with van der Waals surface area (Å²) in [6, 6.07) is 0.333. The second-order valence-electron chi connectivity index (χ2n) is 6.97. The SMILES string of the molecule is CNC1C(CN(CCOC)CCOC)C(C)(C)OC1(C)C. The summed E-state index contributed by atoms with van der Waals surface area (Å²) in [5, 5.41) is 3.46. The van der Waals surface area contributed by atoms with Gasteiger partial charge in [0.2, 0.25) is 0 Å². The second-order valence-corrected chi connectivity index (χ2v) is 6.97. The lowest BCUT2D eigenvalue weighted by atomic mass is 9.82. The third-order valence-electron chi connectivity index (χ3n) is 4.56. The molecule has 1 fully saturated rings. The van der Waals surface area contributed by atoms with E-state index in [1.165, 1.54) is 0 Å². The van der Waals surface area contributed by atoms with E-state index in [9.17, 15) is 0 Å². The summed E-state index contributed by atoms with van der Waals surface area (Å²) in [4.78, 5) is 2.41. The molecule has 0 saturated carbocycles. The number of nitrogens with zero attached hydrogens (tertiary/aromatic N) is 1. The van der Waals surface area contributed by atoms with Gasteiger partial charge >= 0.3 is 0 Å². The van der Waals surface area contributed by atoms with E-state index in [-0.39, 0.29) is 11.2 Å². The highest BCUT2D eigenvalue weighted by molar-refractivity contribution is 5.05. The van der Waals surface area contributed by atoms with Crippen molar-refractivity contribution in [2.45, 2.75) is 44.9 Å². The molecule has 0 aromatic carbocycles. The van der Waals surface area contributed by atoms with Crippen LogP contribution in [-0.4, -0.2) is 76.3 Å². The van der Waals surface area contributed by atoms with Crippen molar-refractivity contribution in [2.24, 2.45) is 5.92 Å². The van der Waals surface area contributed by atoms with Gasteiger partial charge in [0, 0.05) is 45.8 Å². The number of likely N-dealkylation sites (N-methyl/N-ethyl adjacent to an activating group) is 1. The zero-order valence-electron chi connectivity index (χ0n) is 14.9. The first-order valence-electron chi connectivity index (χ1n) is 7.86. The van der Waals surface area contributed by atoms with E-state index in [2.05, 4.69) is 37.9 Å². The maximum Gasteiger partial charge on any atom is 0.0790 e. The molecule has 1 rings (SSSR count). The quantitative estimate of drug-likeness (QED) is 0.697. The van der Waals surface area contributed by atoms with Crippen LogP contribution in [0.25, 0.3) is 0 Å². The van der Waals surface area contributed by atoms with Crippen LogP contribution in [-0.2, 0) is 14.2 Å². The van der Waals surface area contributed by atoms with Crippen molar-refractivity contribution in [3.8, 4) is 0 Å². The molecule has 2 unspecified atom stereocenters. The Morgan fingerprint density at radius 3 is 1.95 bits per heavy atom. The highest BCUT2D eigenvalue weighted by atomic mass is 16.5. The van der Waals surface area contributed by atoms with E-state index in [4.69, 9.17) is 14.2 Å². The van der Waals surface area contributed by atoms with Crippen molar-refractivity contribution in [2.75, 3.05) is 54.1 Å². The Bertz CT molecular complexity index is 300. The van der Waals surface area contributed by atoms with Crippen LogP contribution in [0.1, 0.15) is 27.7 Å². The number of rotatable bonds is 9. The lowest BCUT2D eigenvalue weighted by molar-refractivity contribution is -0.0798. The molecule has 0 aliphatic carbocycles. The molecule has 5 nitrogen and oxygen atoms in total. The van der Waals surface area contributed by atoms with Gasteiger partial charge in [-0.2, -0.15) is 0 Å². The van der Waals surface area contributed by atoms with E-state index in [1.807, 2.05) is 7.05 Å². The summed E-state index contributed by atoms with van der Waals surface area (Å²) in [7, 11) is 5.52. The van der Waals surface area contributed by atoms with Crippen LogP contribution in [0.4, 0.5) is 0 Å². The third-order valence-corrected chi connectivity index (χ3v) is 4.56. The molecule has 0 aromatic rings. The summed E-state index contributed by atoms with van der Waals surface area (Å²) in [6.45, 7) is 13.0. The molecule has 1 aliphatic rings. The Morgan fingerprint density at radius 2 is 1.52 bits per heavy atom. The van der Waals surface area contributed by atoms with Crippen molar-refractivity contribution >= 4 is 0 Å². The molecule has 0 spiro atoms.